The van der Waals surface area contributed by atoms with Gasteiger partial charge in [-0.05, 0) is 42.5 Å². The van der Waals surface area contributed by atoms with Crippen LogP contribution < -0.4 is 4.74 Å². The van der Waals surface area contributed by atoms with Gasteiger partial charge < -0.3 is 14.2 Å². The van der Waals surface area contributed by atoms with Crippen LogP contribution >= 0.6 is 11.3 Å². The van der Waals surface area contributed by atoms with Crippen molar-refractivity contribution in [1.29, 1.82) is 0 Å². The first-order valence-corrected chi connectivity index (χ1v) is 12.2. The molecule has 12 heteroatoms. The molecule has 0 saturated carbocycles. The van der Waals surface area contributed by atoms with E-state index in [1.165, 1.54) is 41.7 Å². The molecular formula is C21H16N2O8S2. The summed E-state index contributed by atoms with van der Waals surface area (Å²) in [6.07, 6.45) is -0.813. The van der Waals surface area contributed by atoms with Crippen LogP contribution in [0.5, 0.6) is 10.9 Å². The van der Waals surface area contributed by atoms with Gasteiger partial charge in [-0.1, -0.05) is 23.5 Å². The number of para-hydroxylation sites is 1. The van der Waals surface area contributed by atoms with Gasteiger partial charge in [-0.3, -0.25) is 10.0 Å². The summed E-state index contributed by atoms with van der Waals surface area (Å²) in [7, 11) is -4.03. The normalized spacial score (nSPS) is 19.5. The zero-order chi connectivity index (χ0) is 23.2. The molecule has 2 atom stereocenters. The van der Waals surface area contributed by atoms with Crippen LogP contribution in [-0.4, -0.2) is 53.8 Å². The van der Waals surface area contributed by atoms with E-state index in [1.54, 1.807) is 0 Å². The molecule has 33 heavy (non-hydrogen) atoms. The lowest BCUT2D eigenvalue weighted by atomic mass is 10.2. The molecule has 1 N–H and O–H groups in total. The fourth-order valence-corrected chi connectivity index (χ4v) is 5.49. The third-order valence-corrected chi connectivity index (χ3v) is 7.59. The molecule has 2 unspecified atom stereocenters. The van der Waals surface area contributed by atoms with Gasteiger partial charge in [-0.2, -0.15) is 0 Å². The highest BCUT2D eigenvalue weighted by Crippen LogP contribution is 2.32. The number of hydrogen-bond acceptors (Lipinski definition) is 10. The van der Waals surface area contributed by atoms with E-state index in [0.29, 0.717) is 10.9 Å². The monoisotopic (exact) mass is 488 g/mol. The van der Waals surface area contributed by atoms with Crippen molar-refractivity contribution in [2.24, 2.45) is 0 Å². The molecule has 1 fully saturated rings. The molecule has 1 aliphatic heterocycles. The average Bonchev–Trinajstić information content (AvgIpc) is 3.45. The van der Waals surface area contributed by atoms with E-state index in [0.717, 1.165) is 10.2 Å². The first kappa shape index (κ1) is 21.4. The number of thiazole rings is 1. The number of carbonyl (C=O) groups excluding carboxylic acids is 2. The van der Waals surface area contributed by atoms with Crippen molar-refractivity contribution in [3.63, 3.8) is 0 Å². The van der Waals surface area contributed by atoms with Crippen LogP contribution in [0.1, 0.15) is 6.42 Å². The van der Waals surface area contributed by atoms with E-state index < -0.39 is 40.0 Å². The molecule has 2 heterocycles. The number of hydroxylamine groups is 2. The SMILES string of the molecule is O=C1OC2C=C(C(=O)N(O)CS(=O)(=O)c3ccc(Oc4nc5ccccc5s4)cc3)CC2O1. The van der Waals surface area contributed by atoms with Gasteiger partial charge in [0.05, 0.1) is 15.1 Å². The lowest BCUT2D eigenvalue weighted by Crippen LogP contribution is -2.33. The molecular weight excluding hydrogens is 472 g/mol. The fourth-order valence-electron chi connectivity index (χ4n) is 3.52. The Morgan fingerprint density at radius 2 is 1.94 bits per heavy atom. The van der Waals surface area contributed by atoms with E-state index >= 15 is 0 Å². The van der Waals surface area contributed by atoms with Crippen LogP contribution in [-0.2, 0) is 24.1 Å². The van der Waals surface area contributed by atoms with Crippen molar-refractivity contribution < 1.29 is 37.4 Å². The van der Waals surface area contributed by atoms with Crippen molar-refractivity contribution in [2.45, 2.75) is 23.5 Å². The van der Waals surface area contributed by atoms with Crippen LogP contribution in [0.2, 0.25) is 0 Å². The summed E-state index contributed by atoms with van der Waals surface area (Å²) >= 11 is 1.36. The summed E-state index contributed by atoms with van der Waals surface area (Å²) in [6, 6.07) is 13.1. The number of sulfone groups is 1. The van der Waals surface area contributed by atoms with Gasteiger partial charge in [0, 0.05) is 12.0 Å². The van der Waals surface area contributed by atoms with Gasteiger partial charge in [-0.15, -0.1) is 0 Å². The van der Waals surface area contributed by atoms with Gasteiger partial charge in [0.25, 0.3) is 11.1 Å². The van der Waals surface area contributed by atoms with E-state index in [2.05, 4.69) is 4.98 Å². The summed E-state index contributed by atoms with van der Waals surface area (Å²) in [5.74, 6) is -1.46. The third-order valence-electron chi connectivity index (χ3n) is 5.10. The highest BCUT2D eigenvalue weighted by atomic mass is 32.2. The molecule has 1 saturated heterocycles. The maximum absolute atomic E-state index is 12.7. The van der Waals surface area contributed by atoms with E-state index in [1.807, 2.05) is 24.3 Å². The molecule has 170 valence electrons. The number of carbonyl (C=O) groups is 2. The topological polar surface area (TPSA) is 132 Å². The Kier molecular flexibility index (Phi) is 5.27. The molecule has 1 amide bonds. The second-order valence-corrected chi connectivity index (χ2v) is 10.3. The molecule has 2 aromatic carbocycles. The fraction of sp³-hybridized carbons (Fsp3) is 0.190. The average molecular weight is 488 g/mol. The molecule has 3 aromatic rings. The second-order valence-electron chi connectivity index (χ2n) is 7.35. The summed E-state index contributed by atoms with van der Waals surface area (Å²) in [6.45, 7) is 0. The molecule has 10 nitrogen and oxygen atoms in total. The highest BCUT2D eigenvalue weighted by molar-refractivity contribution is 7.91. The second kappa shape index (κ2) is 8.14. The zero-order valence-electron chi connectivity index (χ0n) is 16.8. The van der Waals surface area contributed by atoms with Crippen molar-refractivity contribution in [3.8, 4) is 10.9 Å². The van der Waals surface area contributed by atoms with Gasteiger partial charge in [-0.25, -0.2) is 23.3 Å². The number of nitrogens with zero attached hydrogens (tertiary/aromatic N) is 2. The summed E-state index contributed by atoms with van der Waals surface area (Å²) < 4.78 is 41.8. The lowest BCUT2D eigenvalue weighted by molar-refractivity contribution is -0.156. The van der Waals surface area contributed by atoms with Crippen LogP contribution in [0, 0.1) is 0 Å². The summed E-state index contributed by atoms with van der Waals surface area (Å²) in [5.41, 5.74) is 0.907. The number of ether oxygens (including phenoxy) is 3. The van der Waals surface area contributed by atoms with Crippen LogP contribution in [0.4, 0.5) is 4.79 Å². The number of benzene rings is 2. The first-order valence-electron chi connectivity index (χ1n) is 9.73. The Bertz CT molecular complexity index is 1350. The third kappa shape index (κ3) is 4.27. The van der Waals surface area contributed by atoms with Crippen LogP contribution in [0.15, 0.2) is 65.1 Å². The standard InChI is InChI=1S/C21H16N2O8S2/c24-19(12-9-16-17(10-12)31-21(25)30-16)23(26)11-33(27,28)14-7-5-13(6-8-14)29-20-22-15-3-1-2-4-18(15)32-20/h1-9,16-17,26H,10-11H2. The van der Waals surface area contributed by atoms with E-state index in [9.17, 15) is 23.2 Å². The van der Waals surface area contributed by atoms with Gasteiger partial charge in [0.1, 0.15) is 5.75 Å². The number of rotatable bonds is 6. The Morgan fingerprint density at radius 1 is 1.18 bits per heavy atom. The minimum absolute atomic E-state index is 0.0319. The predicted octanol–water partition coefficient (Wildman–Crippen LogP) is 3.27. The number of fused-ring (bicyclic) bond motifs is 2. The number of aromatic nitrogens is 1. The van der Waals surface area contributed by atoms with Gasteiger partial charge >= 0.3 is 6.16 Å². The molecule has 1 aliphatic carbocycles. The number of hydrogen-bond donors (Lipinski definition) is 1. The maximum atomic E-state index is 12.7. The van der Waals surface area contributed by atoms with E-state index in [4.69, 9.17) is 14.2 Å². The quantitative estimate of drug-likeness (QED) is 0.315. The molecule has 5 rings (SSSR count). The van der Waals surface area contributed by atoms with Crippen molar-refractivity contribution in [3.05, 3.63) is 60.2 Å². The molecule has 2 aliphatic rings. The first-order chi connectivity index (χ1) is 15.8. The molecule has 0 spiro atoms. The lowest BCUT2D eigenvalue weighted by Gasteiger charge is -2.16. The van der Waals surface area contributed by atoms with Crippen LogP contribution in [0.25, 0.3) is 10.2 Å². The Balaban J connectivity index is 1.24. The molecule has 1 aromatic heterocycles. The molecule has 0 radical (unpaired) electrons. The molecule has 0 bridgehead atoms. The summed E-state index contributed by atoms with van der Waals surface area (Å²) in [5, 5.41) is 10.6. The maximum Gasteiger partial charge on any atom is 0.509 e. The smallest absolute Gasteiger partial charge is 0.431 e. The van der Waals surface area contributed by atoms with Gasteiger partial charge in [0.15, 0.2) is 27.9 Å². The largest absolute Gasteiger partial charge is 0.509 e. The summed E-state index contributed by atoms with van der Waals surface area (Å²) in [4.78, 5) is 27.8. The van der Waals surface area contributed by atoms with Crippen molar-refractivity contribution in [1.82, 2.24) is 10.0 Å². The number of amides is 1. The predicted molar refractivity (Wildman–Crippen MR) is 115 cm³/mol. The minimum Gasteiger partial charge on any atom is -0.431 e. The zero-order valence-corrected chi connectivity index (χ0v) is 18.4. The van der Waals surface area contributed by atoms with Gasteiger partial charge in [0.2, 0.25) is 0 Å². The van der Waals surface area contributed by atoms with Crippen molar-refractivity contribution >= 4 is 43.5 Å². The highest BCUT2D eigenvalue weighted by Gasteiger charge is 2.42. The Hall–Kier alpha value is -3.48. The Labute approximate surface area is 191 Å². The van der Waals surface area contributed by atoms with E-state index in [-0.39, 0.29) is 22.0 Å². The van der Waals surface area contributed by atoms with Crippen LogP contribution in [0.3, 0.4) is 0 Å². The van der Waals surface area contributed by atoms with Crippen molar-refractivity contribution in [2.75, 3.05) is 5.88 Å². The Morgan fingerprint density at radius 3 is 2.67 bits per heavy atom. The minimum atomic E-state index is -4.03.